The number of methoxy groups -OCH3 is 2. The molecular weight excluding hydrogens is 366 g/mol. The fraction of sp³-hybridized carbons (Fsp3) is 0.0870. The lowest BCUT2D eigenvalue weighted by atomic mass is 10.1. The van der Waals surface area contributed by atoms with E-state index in [0.717, 1.165) is 16.6 Å². The number of ether oxygens (including phenoxy) is 2. The van der Waals surface area contributed by atoms with E-state index in [1.54, 1.807) is 50.7 Å². The number of hydrogen-bond acceptors (Lipinski definition) is 5. The van der Waals surface area contributed by atoms with Crippen LogP contribution in [0.15, 0.2) is 72.9 Å². The van der Waals surface area contributed by atoms with Crippen molar-refractivity contribution in [2.75, 3.05) is 19.5 Å². The highest BCUT2D eigenvalue weighted by Gasteiger charge is 2.12. The molecule has 1 N–H and O–H groups in total. The molecule has 0 aliphatic rings. The molecule has 1 aromatic heterocycles. The van der Waals surface area contributed by atoms with Crippen molar-refractivity contribution >= 4 is 22.6 Å². The second-order valence-corrected chi connectivity index (χ2v) is 6.34. The maximum atomic E-state index is 12.7. The van der Waals surface area contributed by atoms with E-state index in [-0.39, 0.29) is 5.91 Å². The Hall–Kier alpha value is -3.93. The van der Waals surface area contributed by atoms with E-state index in [2.05, 4.69) is 15.3 Å². The Balaban J connectivity index is 1.66. The van der Waals surface area contributed by atoms with Crippen molar-refractivity contribution in [1.29, 1.82) is 0 Å². The van der Waals surface area contributed by atoms with Crippen LogP contribution in [0, 0.1) is 0 Å². The van der Waals surface area contributed by atoms with Gasteiger partial charge in [-0.25, -0.2) is 4.98 Å². The Morgan fingerprint density at radius 1 is 0.897 bits per heavy atom. The molecule has 0 radical (unpaired) electrons. The first-order valence-corrected chi connectivity index (χ1v) is 9.03. The zero-order chi connectivity index (χ0) is 20.2. The summed E-state index contributed by atoms with van der Waals surface area (Å²) in [5.74, 6) is 1.01. The normalized spacial score (nSPS) is 10.6. The molecule has 4 aromatic rings. The minimum atomic E-state index is -0.243. The lowest BCUT2D eigenvalue weighted by Crippen LogP contribution is -2.12. The van der Waals surface area contributed by atoms with Crippen LogP contribution < -0.4 is 14.8 Å². The number of nitrogens with one attached hydrogen (secondary N) is 1. The van der Waals surface area contributed by atoms with Crippen LogP contribution in [-0.2, 0) is 0 Å². The van der Waals surface area contributed by atoms with Crippen molar-refractivity contribution in [2.24, 2.45) is 0 Å². The fourth-order valence-corrected chi connectivity index (χ4v) is 3.00. The van der Waals surface area contributed by atoms with E-state index in [0.29, 0.717) is 28.4 Å². The molecule has 6 nitrogen and oxygen atoms in total. The van der Waals surface area contributed by atoms with E-state index in [1.807, 2.05) is 36.4 Å². The number of fused-ring (bicyclic) bond motifs is 1. The molecule has 0 saturated heterocycles. The molecule has 0 bridgehead atoms. The van der Waals surface area contributed by atoms with Crippen molar-refractivity contribution in [3.05, 3.63) is 78.5 Å². The van der Waals surface area contributed by atoms with Gasteiger partial charge in [0.25, 0.3) is 5.91 Å². The highest BCUT2D eigenvalue weighted by atomic mass is 16.5. The summed E-state index contributed by atoms with van der Waals surface area (Å²) in [6.07, 6.45) is 1.72. The van der Waals surface area contributed by atoms with Crippen molar-refractivity contribution in [3.8, 4) is 22.8 Å². The summed E-state index contributed by atoms with van der Waals surface area (Å²) in [4.78, 5) is 21.8. The predicted molar refractivity (Wildman–Crippen MR) is 112 cm³/mol. The molecule has 0 aliphatic heterocycles. The molecule has 144 valence electrons. The van der Waals surface area contributed by atoms with Gasteiger partial charge in [-0.15, -0.1) is 0 Å². The highest BCUT2D eigenvalue weighted by Crippen LogP contribution is 2.30. The smallest absolute Gasteiger partial charge is 0.255 e. The van der Waals surface area contributed by atoms with Gasteiger partial charge in [0.05, 0.1) is 42.8 Å². The molecular formula is C23H19N3O3. The lowest BCUT2D eigenvalue weighted by molar-refractivity contribution is 0.102. The first-order chi connectivity index (χ1) is 14.2. The Bertz CT molecular complexity index is 1170. The van der Waals surface area contributed by atoms with Crippen LogP contribution in [0.1, 0.15) is 10.4 Å². The Kier molecular flexibility index (Phi) is 5.07. The van der Waals surface area contributed by atoms with Crippen LogP contribution in [-0.4, -0.2) is 30.1 Å². The summed E-state index contributed by atoms with van der Waals surface area (Å²) >= 11 is 0. The molecule has 0 aliphatic carbocycles. The predicted octanol–water partition coefficient (Wildman–Crippen LogP) is 4.57. The number of carbonyl (C=O) groups excluding carboxylic acids is 1. The first kappa shape index (κ1) is 18.4. The topological polar surface area (TPSA) is 73.3 Å². The number of rotatable bonds is 5. The van der Waals surface area contributed by atoms with Gasteiger partial charge in [-0.1, -0.05) is 12.1 Å². The molecule has 1 amide bonds. The maximum Gasteiger partial charge on any atom is 0.255 e. The number of aromatic nitrogens is 2. The van der Waals surface area contributed by atoms with Gasteiger partial charge in [-0.3, -0.25) is 9.78 Å². The summed E-state index contributed by atoms with van der Waals surface area (Å²) in [6, 6.07) is 20.1. The fourth-order valence-electron chi connectivity index (χ4n) is 3.00. The number of benzene rings is 3. The average Bonchev–Trinajstić information content (AvgIpc) is 2.78. The number of nitrogens with zero attached hydrogens (tertiary/aromatic N) is 2. The number of anilines is 1. The Morgan fingerprint density at radius 2 is 1.66 bits per heavy atom. The van der Waals surface area contributed by atoms with Gasteiger partial charge in [0.2, 0.25) is 0 Å². The molecule has 0 spiro atoms. The molecule has 29 heavy (non-hydrogen) atoms. The van der Waals surface area contributed by atoms with Crippen LogP contribution in [0.5, 0.6) is 11.5 Å². The SMILES string of the molecule is COc1ccc(C(=O)Nc2cc(-c3cnc4ccccc4n3)ccc2OC)cc1. The van der Waals surface area contributed by atoms with Gasteiger partial charge in [0.15, 0.2) is 0 Å². The van der Waals surface area contributed by atoms with Crippen molar-refractivity contribution in [1.82, 2.24) is 9.97 Å². The minimum Gasteiger partial charge on any atom is -0.497 e. The maximum absolute atomic E-state index is 12.7. The van der Waals surface area contributed by atoms with Crippen LogP contribution in [0.25, 0.3) is 22.3 Å². The standard InChI is InChI=1S/C23H19N3O3/c1-28-17-10-7-15(8-11-17)23(27)26-20-13-16(9-12-22(20)29-2)21-14-24-18-5-3-4-6-19(18)25-21/h3-14H,1-2H3,(H,26,27). The van der Waals surface area contributed by atoms with Gasteiger partial charge < -0.3 is 14.8 Å². The van der Waals surface area contributed by atoms with Gasteiger partial charge in [-0.2, -0.15) is 0 Å². The third kappa shape index (κ3) is 3.87. The highest BCUT2D eigenvalue weighted by molar-refractivity contribution is 6.05. The molecule has 0 unspecified atom stereocenters. The van der Waals surface area contributed by atoms with E-state index in [4.69, 9.17) is 9.47 Å². The van der Waals surface area contributed by atoms with Crippen LogP contribution in [0.2, 0.25) is 0 Å². The van der Waals surface area contributed by atoms with Crippen molar-refractivity contribution < 1.29 is 14.3 Å². The molecule has 0 fully saturated rings. The Labute approximate surface area is 168 Å². The first-order valence-electron chi connectivity index (χ1n) is 9.03. The van der Waals surface area contributed by atoms with Gasteiger partial charge in [0.1, 0.15) is 11.5 Å². The number of carbonyl (C=O) groups is 1. The third-order valence-electron chi connectivity index (χ3n) is 4.54. The molecule has 3 aromatic carbocycles. The van der Waals surface area contributed by atoms with Gasteiger partial charge >= 0.3 is 0 Å². The molecule has 0 saturated carbocycles. The molecule has 6 heteroatoms. The van der Waals surface area contributed by atoms with E-state index in [9.17, 15) is 4.79 Å². The van der Waals surface area contributed by atoms with Crippen molar-refractivity contribution in [2.45, 2.75) is 0 Å². The van der Waals surface area contributed by atoms with Crippen LogP contribution >= 0.6 is 0 Å². The summed E-state index contributed by atoms with van der Waals surface area (Å²) in [5.41, 5.74) is 4.26. The van der Waals surface area contributed by atoms with E-state index in [1.165, 1.54) is 0 Å². The third-order valence-corrected chi connectivity index (χ3v) is 4.54. The van der Waals surface area contributed by atoms with Crippen LogP contribution in [0.4, 0.5) is 5.69 Å². The molecule has 1 heterocycles. The summed E-state index contributed by atoms with van der Waals surface area (Å²) in [5, 5.41) is 2.91. The summed E-state index contributed by atoms with van der Waals surface area (Å²) in [6.45, 7) is 0. The largest absolute Gasteiger partial charge is 0.497 e. The Morgan fingerprint density at radius 3 is 2.38 bits per heavy atom. The van der Waals surface area contributed by atoms with E-state index >= 15 is 0 Å². The number of hydrogen-bond donors (Lipinski definition) is 1. The minimum absolute atomic E-state index is 0.243. The molecule has 0 atom stereocenters. The van der Waals surface area contributed by atoms with Crippen molar-refractivity contribution in [3.63, 3.8) is 0 Å². The molecule has 4 rings (SSSR count). The van der Waals surface area contributed by atoms with Gasteiger partial charge in [-0.05, 0) is 54.6 Å². The lowest BCUT2D eigenvalue weighted by Gasteiger charge is -2.12. The quantitative estimate of drug-likeness (QED) is 0.545. The zero-order valence-electron chi connectivity index (χ0n) is 16.0. The monoisotopic (exact) mass is 385 g/mol. The zero-order valence-corrected chi connectivity index (χ0v) is 16.0. The average molecular weight is 385 g/mol. The van der Waals surface area contributed by atoms with E-state index < -0.39 is 0 Å². The number of amides is 1. The second-order valence-electron chi connectivity index (χ2n) is 6.34. The number of para-hydroxylation sites is 2. The summed E-state index contributed by atoms with van der Waals surface area (Å²) < 4.78 is 10.5. The second kappa shape index (κ2) is 7.98. The van der Waals surface area contributed by atoms with Gasteiger partial charge in [0, 0.05) is 11.1 Å². The van der Waals surface area contributed by atoms with Crippen LogP contribution in [0.3, 0.4) is 0 Å². The summed E-state index contributed by atoms with van der Waals surface area (Å²) in [7, 11) is 3.15.